The van der Waals surface area contributed by atoms with Gasteiger partial charge < -0.3 is 15.0 Å². The third kappa shape index (κ3) is 3.72. The van der Waals surface area contributed by atoms with Gasteiger partial charge in [-0.3, -0.25) is 4.79 Å². The van der Waals surface area contributed by atoms with Crippen LogP contribution in [0.15, 0.2) is 17.5 Å². The third-order valence-corrected chi connectivity index (χ3v) is 4.13. The second-order valence-corrected chi connectivity index (χ2v) is 6.04. The van der Waals surface area contributed by atoms with E-state index in [0.29, 0.717) is 19.1 Å². The highest BCUT2D eigenvalue weighted by Crippen LogP contribution is 2.20. The van der Waals surface area contributed by atoms with Crippen LogP contribution in [0.1, 0.15) is 29.9 Å². The molecule has 0 spiro atoms. The number of nitrogens with zero attached hydrogens (tertiary/aromatic N) is 1. The molecule has 0 radical (unpaired) electrons. The lowest BCUT2D eigenvalue weighted by molar-refractivity contribution is 0.0635. The van der Waals surface area contributed by atoms with E-state index in [4.69, 9.17) is 4.74 Å². The first-order valence-electron chi connectivity index (χ1n) is 6.86. The van der Waals surface area contributed by atoms with Gasteiger partial charge in [-0.15, -0.1) is 11.3 Å². The molecule has 1 N–H and O–H groups in total. The highest BCUT2D eigenvalue weighted by Gasteiger charge is 2.29. The minimum Gasteiger partial charge on any atom is -0.450 e. The zero-order chi connectivity index (χ0) is 14.5. The summed E-state index contributed by atoms with van der Waals surface area (Å²) in [7, 11) is 0. The molecule has 2 atom stereocenters. The number of carbonyl (C=O) groups is 2. The van der Waals surface area contributed by atoms with Crippen LogP contribution in [0.5, 0.6) is 0 Å². The summed E-state index contributed by atoms with van der Waals surface area (Å²) in [6, 6.07) is 3.67. The zero-order valence-corrected chi connectivity index (χ0v) is 12.6. The number of nitrogens with one attached hydrogen (secondary N) is 1. The van der Waals surface area contributed by atoms with Crippen molar-refractivity contribution >= 4 is 23.3 Å². The van der Waals surface area contributed by atoms with Gasteiger partial charge in [-0.25, -0.2) is 4.79 Å². The van der Waals surface area contributed by atoms with E-state index in [1.54, 1.807) is 6.92 Å². The predicted octanol–water partition coefficient (Wildman–Crippen LogP) is 2.34. The normalized spacial score (nSPS) is 22.4. The van der Waals surface area contributed by atoms with Crippen LogP contribution in [0.25, 0.3) is 0 Å². The second-order valence-electron chi connectivity index (χ2n) is 5.09. The number of hydrogen-bond donors (Lipinski definition) is 1. The van der Waals surface area contributed by atoms with E-state index >= 15 is 0 Å². The average Bonchev–Trinajstić information content (AvgIpc) is 2.91. The van der Waals surface area contributed by atoms with Crippen LogP contribution in [0.3, 0.4) is 0 Å². The molecule has 2 rings (SSSR count). The fourth-order valence-electron chi connectivity index (χ4n) is 2.52. The molecule has 1 aliphatic heterocycles. The van der Waals surface area contributed by atoms with Gasteiger partial charge >= 0.3 is 6.09 Å². The second kappa shape index (κ2) is 6.74. The SMILES string of the molecule is CCOC(=O)NC1CC(C)CN(C(=O)c2cccs2)C1. The van der Waals surface area contributed by atoms with Crippen molar-refractivity contribution in [2.45, 2.75) is 26.3 Å². The van der Waals surface area contributed by atoms with Crippen LogP contribution in [0.2, 0.25) is 0 Å². The van der Waals surface area contributed by atoms with Crippen molar-refractivity contribution in [3.05, 3.63) is 22.4 Å². The smallest absolute Gasteiger partial charge is 0.407 e. The Bertz CT molecular complexity index is 461. The fourth-order valence-corrected chi connectivity index (χ4v) is 3.21. The molecule has 1 saturated heterocycles. The van der Waals surface area contributed by atoms with E-state index in [1.807, 2.05) is 22.4 Å². The first kappa shape index (κ1) is 14.8. The number of rotatable bonds is 3. The van der Waals surface area contributed by atoms with Crippen LogP contribution in [0, 0.1) is 5.92 Å². The number of amides is 2. The predicted molar refractivity (Wildman–Crippen MR) is 77.9 cm³/mol. The summed E-state index contributed by atoms with van der Waals surface area (Å²) in [6.45, 7) is 5.49. The van der Waals surface area contributed by atoms with Gasteiger partial charge in [0.25, 0.3) is 5.91 Å². The molecule has 0 saturated carbocycles. The molecule has 0 aromatic carbocycles. The first-order valence-corrected chi connectivity index (χ1v) is 7.74. The lowest BCUT2D eigenvalue weighted by Crippen LogP contribution is -2.52. The molecule has 0 aliphatic carbocycles. The highest BCUT2D eigenvalue weighted by molar-refractivity contribution is 7.12. The van der Waals surface area contributed by atoms with Gasteiger partial charge in [0.05, 0.1) is 17.5 Å². The maximum atomic E-state index is 12.4. The molecule has 6 heteroatoms. The standard InChI is InChI=1S/C14H20N2O3S/c1-3-19-14(18)15-11-7-10(2)8-16(9-11)13(17)12-5-4-6-20-12/h4-6,10-11H,3,7-9H2,1-2H3,(H,15,18). The molecular formula is C14H20N2O3S. The maximum absolute atomic E-state index is 12.4. The highest BCUT2D eigenvalue weighted by atomic mass is 32.1. The molecule has 1 fully saturated rings. The summed E-state index contributed by atoms with van der Waals surface area (Å²) in [4.78, 5) is 26.4. The van der Waals surface area contributed by atoms with Crippen molar-refractivity contribution in [1.29, 1.82) is 0 Å². The molecule has 1 aromatic rings. The Hall–Kier alpha value is -1.56. The van der Waals surface area contributed by atoms with Crippen molar-refractivity contribution in [2.75, 3.05) is 19.7 Å². The van der Waals surface area contributed by atoms with Crippen LogP contribution in [-0.2, 0) is 4.74 Å². The van der Waals surface area contributed by atoms with Crippen LogP contribution >= 0.6 is 11.3 Å². The molecule has 0 bridgehead atoms. The molecule has 1 aliphatic rings. The number of alkyl carbamates (subject to hydrolysis) is 1. The van der Waals surface area contributed by atoms with Crippen molar-refractivity contribution in [3.63, 3.8) is 0 Å². The Balaban J connectivity index is 1.97. The summed E-state index contributed by atoms with van der Waals surface area (Å²) in [6.07, 6.45) is 0.461. The molecule has 1 aromatic heterocycles. The average molecular weight is 296 g/mol. The van der Waals surface area contributed by atoms with E-state index in [2.05, 4.69) is 12.2 Å². The van der Waals surface area contributed by atoms with Gasteiger partial charge in [-0.05, 0) is 30.7 Å². The summed E-state index contributed by atoms with van der Waals surface area (Å²) in [5.74, 6) is 0.404. The number of piperidine rings is 1. The van der Waals surface area contributed by atoms with Gasteiger partial charge in [-0.1, -0.05) is 13.0 Å². The molecular weight excluding hydrogens is 276 g/mol. The first-order chi connectivity index (χ1) is 9.60. The molecule has 20 heavy (non-hydrogen) atoms. The Morgan fingerprint density at radius 1 is 1.50 bits per heavy atom. The number of thiophene rings is 1. The van der Waals surface area contributed by atoms with E-state index in [9.17, 15) is 9.59 Å². The third-order valence-electron chi connectivity index (χ3n) is 3.28. The number of hydrogen-bond acceptors (Lipinski definition) is 4. The lowest BCUT2D eigenvalue weighted by Gasteiger charge is -2.36. The summed E-state index contributed by atoms with van der Waals surface area (Å²) in [5.41, 5.74) is 0. The summed E-state index contributed by atoms with van der Waals surface area (Å²) >= 11 is 1.45. The van der Waals surface area contributed by atoms with Gasteiger partial charge in [0, 0.05) is 13.1 Å². The van der Waals surface area contributed by atoms with Crippen LogP contribution < -0.4 is 5.32 Å². The van der Waals surface area contributed by atoms with Gasteiger partial charge in [0.2, 0.25) is 0 Å². The lowest BCUT2D eigenvalue weighted by atomic mass is 9.96. The van der Waals surface area contributed by atoms with Crippen LogP contribution in [0.4, 0.5) is 4.79 Å². The molecule has 2 unspecified atom stereocenters. The van der Waals surface area contributed by atoms with E-state index in [-0.39, 0.29) is 11.9 Å². The Labute approximate surface area is 122 Å². The fraction of sp³-hybridized carbons (Fsp3) is 0.571. The van der Waals surface area contributed by atoms with Crippen molar-refractivity contribution < 1.29 is 14.3 Å². The van der Waals surface area contributed by atoms with E-state index in [1.165, 1.54) is 11.3 Å². The number of carbonyl (C=O) groups excluding carboxylic acids is 2. The summed E-state index contributed by atoms with van der Waals surface area (Å²) in [5, 5.41) is 4.73. The van der Waals surface area contributed by atoms with Gasteiger partial charge in [0.15, 0.2) is 0 Å². The Morgan fingerprint density at radius 2 is 2.30 bits per heavy atom. The number of likely N-dealkylation sites (tertiary alicyclic amines) is 1. The van der Waals surface area contributed by atoms with Crippen molar-refractivity contribution in [2.24, 2.45) is 5.92 Å². The van der Waals surface area contributed by atoms with Gasteiger partial charge in [-0.2, -0.15) is 0 Å². The Morgan fingerprint density at radius 3 is 2.95 bits per heavy atom. The molecule has 110 valence electrons. The zero-order valence-electron chi connectivity index (χ0n) is 11.8. The maximum Gasteiger partial charge on any atom is 0.407 e. The minimum atomic E-state index is -0.407. The monoisotopic (exact) mass is 296 g/mol. The molecule has 5 nitrogen and oxygen atoms in total. The van der Waals surface area contributed by atoms with Crippen molar-refractivity contribution in [1.82, 2.24) is 10.2 Å². The van der Waals surface area contributed by atoms with Crippen molar-refractivity contribution in [3.8, 4) is 0 Å². The minimum absolute atomic E-state index is 0.0401. The summed E-state index contributed by atoms with van der Waals surface area (Å²) < 4.78 is 4.90. The quantitative estimate of drug-likeness (QED) is 0.931. The Kier molecular flexibility index (Phi) is 5.00. The van der Waals surface area contributed by atoms with Gasteiger partial charge in [0.1, 0.15) is 0 Å². The van der Waals surface area contributed by atoms with E-state index in [0.717, 1.165) is 17.8 Å². The number of ether oxygens (including phenoxy) is 1. The van der Waals surface area contributed by atoms with Crippen LogP contribution in [-0.4, -0.2) is 42.6 Å². The van der Waals surface area contributed by atoms with E-state index < -0.39 is 6.09 Å². The molecule has 2 heterocycles. The molecule has 2 amide bonds. The topological polar surface area (TPSA) is 58.6 Å². The largest absolute Gasteiger partial charge is 0.450 e.